The molecular weight excluding hydrogens is 410 g/mol. The van der Waals surface area contributed by atoms with Gasteiger partial charge in [0.15, 0.2) is 5.76 Å². The first-order valence-corrected chi connectivity index (χ1v) is 11.5. The standard InChI is InChI=1S/C24H27N3O3S/c1-17-5-3-8-21(13-17)27-10-9-26(15-18(27)2)24(29)19-6-4-7-20(14-19)25-23(28)22-16-31-12-11-30-22/h3-8,13-14,16,18H,9-12,15H2,1-2H3,(H,25,28). The largest absolute Gasteiger partial charge is 0.487 e. The number of nitrogens with one attached hydrogen (secondary N) is 1. The van der Waals surface area contributed by atoms with Crippen molar-refractivity contribution in [2.24, 2.45) is 0 Å². The number of aryl methyl sites for hydroxylation is 1. The van der Waals surface area contributed by atoms with Crippen LogP contribution in [0, 0.1) is 6.92 Å². The molecule has 2 aromatic carbocycles. The lowest BCUT2D eigenvalue weighted by molar-refractivity contribution is -0.116. The number of nitrogens with zero attached hydrogens (tertiary/aromatic N) is 2. The van der Waals surface area contributed by atoms with E-state index in [4.69, 9.17) is 4.74 Å². The summed E-state index contributed by atoms with van der Waals surface area (Å²) in [5, 5.41) is 4.55. The Labute approximate surface area is 187 Å². The number of anilines is 2. The van der Waals surface area contributed by atoms with Gasteiger partial charge in [-0.1, -0.05) is 18.2 Å². The highest BCUT2D eigenvalue weighted by molar-refractivity contribution is 8.02. The normalized spacial score (nSPS) is 18.8. The van der Waals surface area contributed by atoms with Crippen molar-refractivity contribution in [2.45, 2.75) is 19.9 Å². The Morgan fingerprint density at radius 1 is 1.13 bits per heavy atom. The average Bonchev–Trinajstić information content (AvgIpc) is 2.79. The molecule has 0 bridgehead atoms. The monoisotopic (exact) mass is 437 g/mol. The van der Waals surface area contributed by atoms with Crippen LogP contribution in [0.5, 0.6) is 0 Å². The maximum atomic E-state index is 13.1. The smallest absolute Gasteiger partial charge is 0.291 e. The third-order valence-electron chi connectivity index (χ3n) is 5.49. The summed E-state index contributed by atoms with van der Waals surface area (Å²) in [6.45, 7) is 6.86. The van der Waals surface area contributed by atoms with Gasteiger partial charge in [-0.15, -0.1) is 11.8 Å². The topological polar surface area (TPSA) is 61.9 Å². The number of carbonyl (C=O) groups excluding carboxylic acids is 2. The first-order valence-electron chi connectivity index (χ1n) is 10.5. The lowest BCUT2D eigenvalue weighted by Gasteiger charge is -2.41. The second-order valence-corrected chi connectivity index (χ2v) is 8.85. The van der Waals surface area contributed by atoms with E-state index < -0.39 is 0 Å². The lowest BCUT2D eigenvalue weighted by atomic mass is 10.1. The van der Waals surface area contributed by atoms with Crippen molar-refractivity contribution in [1.29, 1.82) is 0 Å². The van der Waals surface area contributed by atoms with Crippen LogP contribution in [0.15, 0.2) is 59.7 Å². The predicted octanol–water partition coefficient (Wildman–Crippen LogP) is 3.89. The van der Waals surface area contributed by atoms with Gasteiger partial charge in [0.05, 0.1) is 6.61 Å². The zero-order valence-corrected chi connectivity index (χ0v) is 18.7. The van der Waals surface area contributed by atoms with Crippen LogP contribution in [0.4, 0.5) is 11.4 Å². The van der Waals surface area contributed by atoms with Crippen LogP contribution in [0.25, 0.3) is 0 Å². The third-order valence-corrected chi connectivity index (χ3v) is 6.27. The second-order valence-electron chi connectivity index (χ2n) is 7.87. The highest BCUT2D eigenvalue weighted by atomic mass is 32.2. The second kappa shape index (κ2) is 9.47. The molecule has 1 N–H and O–H groups in total. The Morgan fingerprint density at radius 3 is 2.71 bits per heavy atom. The van der Waals surface area contributed by atoms with E-state index in [-0.39, 0.29) is 17.9 Å². The molecule has 2 aliphatic heterocycles. The van der Waals surface area contributed by atoms with E-state index in [1.54, 1.807) is 41.4 Å². The average molecular weight is 438 g/mol. The Balaban J connectivity index is 1.41. The fourth-order valence-electron chi connectivity index (χ4n) is 3.92. The fraction of sp³-hybridized carbons (Fsp3) is 0.333. The van der Waals surface area contributed by atoms with Gasteiger partial charge in [0.1, 0.15) is 0 Å². The molecule has 1 atom stereocenters. The van der Waals surface area contributed by atoms with Crippen molar-refractivity contribution < 1.29 is 14.3 Å². The van der Waals surface area contributed by atoms with Crippen molar-refractivity contribution in [3.63, 3.8) is 0 Å². The number of ether oxygens (including phenoxy) is 1. The third kappa shape index (κ3) is 5.05. The summed E-state index contributed by atoms with van der Waals surface area (Å²) in [5.74, 6) is 0.845. The van der Waals surface area contributed by atoms with Crippen LogP contribution in [0.1, 0.15) is 22.8 Å². The molecule has 4 rings (SSSR count). The van der Waals surface area contributed by atoms with Gasteiger partial charge in [-0.2, -0.15) is 0 Å². The molecule has 2 aromatic rings. The molecular formula is C24H27N3O3S. The summed E-state index contributed by atoms with van der Waals surface area (Å²) >= 11 is 1.56. The summed E-state index contributed by atoms with van der Waals surface area (Å²) in [5.41, 5.74) is 3.58. The molecule has 0 aliphatic carbocycles. The SMILES string of the molecule is Cc1cccc(N2CCN(C(=O)c3cccc(NC(=O)C4=CSCCO4)c3)CC2C)c1. The fourth-order valence-corrected chi connectivity index (χ4v) is 4.55. The van der Waals surface area contributed by atoms with Crippen LogP contribution in [0.2, 0.25) is 0 Å². The molecule has 31 heavy (non-hydrogen) atoms. The molecule has 1 unspecified atom stereocenters. The molecule has 2 aliphatic rings. The van der Waals surface area contributed by atoms with E-state index >= 15 is 0 Å². The van der Waals surface area contributed by atoms with E-state index in [1.807, 2.05) is 4.90 Å². The van der Waals surface area contributed by atoms with Gasteiger partial charge >= 0.3 is 0 Å². The molecule has 2 heterocycles. The number of hydrogen-bond donors (Lipinski definition) is 1. The van der Waals surface area contributed by atoms with E-state index in [2.05, 4.69) is 48.3 Å². The van der Waals surface area contributed by atoms with Crippen molar-refractivity contribution in [3.8, 4) is 0 Å². The van der Waals surface area contributed by atoms with Crippen LogP contribution in [-0.2, 0) is 9.53 Å². The Kier molecular flexibility index (Phi) is 6.51. The van der Waals surface area contributed by atoms with E-state index in [1.165, 1.54) is 11.3 Å². The quantitative estimate of drug-likeness (QED) is 0.786. The van der Waals surface area contributed by atoms with Gasteiger partial charge in [0.25, 0.3) is 11.8 Å². The minimum absolute atomic E-state index is 0.0180. The van der Waals surface area contributed by atoms with Crippen LogP contribution in [-0.4, -0.2) is 54.8 Å². The van der Waals surface area contributed by atoms with E-state index in [9.17, 15) is 9.59 Å². The molecule has 0 radical (unpaired) electrons. The summed E-state index contributed by atoms with van der Waals surface area (Å²) in [7, 11) is 0. The van der Waals surface area contributed by atoms with Gasteiger partial charge in [-0.25, -0.2) is 0 Å². The van der Waals surface area contributed by atoms with E-state index in [0.29, 0.717) is 36.7 Å². The molecule has 162 valence electrons. The molecule has 0 spiro atoms. The molecule has 0 aromatic heterocycles. The summed E-state index contributed by atoms with van der Waals surface area (Å²) in [6, 6.07) is 15.8. The predicted molar refractivity (Wildman–Crippen MR) is 125 cm³/mol. The summed E-state index contributed by atoms with van der Waals surface area (Å²) in [6.07, 6.45) is 0. The lowest BCUT2D eigenvalue weighted by Crippen LogP contribution is -2.53. The molecule has 6 nitrogen and oxygen atoms in total. The van der Waals surface area contributed by atoms with Gasteiger partial charge in [-0.3, -0.25) is 9.59 Å². The minimum atomic E-state index is -0.294. The number of hydrogen-bond acceptors (Lipinski definition) is 5. The van der Waals surface area contributed by atoms with Gasteiger partial charge < -0.3 is 19.9 Å². The number of rotatable bonds is 4. The molecule has 1 saturated heterocycles. The van der Waals surface area contributed by atoms with Gasteiger partial charge in [-0.05, 0) is 49.7 Å². The van der Waals surface area contributed by atoms with Crippen LogP contribution >= 0.6 is 11.8 Å². The Morgan fingerprint density at radius 2 is 1.97 bits per heavy atom. The highest BCUT2D eigenvalue weighted by Crippen LogP contribution is 2.23. The maximum Gasteiger partial charge on any atom is 0.291 e. The van der Waals surface area contributed by atoms with Crippen LogP contribution < -0.4 is 10.2 Å². The number of carbonyl (C=O) groups is 2. The van der Waals surface area contributed by atoms with E-state index in [0.717, 1.165) is 12.3 Å². The van der Waals surface area contributed by atoms with Crippen LogP contribution in [0.3, 0.4) is 0 Å². The Bertz CT molecular complexity index is 1010. The highest BCUT2D eigenvalue weighted by Gasteiger charge is 2.27. The molecule has 0 saturated carbocycles. The van der Waals surface area contributed by atoms with Crippen molar-refractivity contribution in [1.82, 2.24) is 4.90 Å². The van der Waals surface area contributed by atoms with Gasteiger partial charge in [0, 0.05) is 53.8 Å². The zero-order valence-electron chi connectivity index (χ0n) is 17.8. The van der Waals surface area contributed by atoms with Crippen molar-refractivity contribution in [2.75, 3.05) is 42.2 Å². The zero-order chi connectivity index (χ0) is 21.8. The first kappa shape index (κ1) is 21.3. The number of piperazine rings is 1. The number of thioether (sulfide) groups is 1. The minimum Gasteiger partial charge on any atom is -0.487 e. The molecule has 1 fully saturated rings. The van der Waals surface area contributed by atoms with Crippen molar-refractivity contribution in [3.05, 3.63) is 70.8 Å². The molecule has 2 amide bonds. The first-order chi connectivity index (χ1) is 15.0. The summed E-state index contributed by atoms with van der Waals surface area (Å²) < 4.78 is 5.40. The maximum absolute atomic E-state index is 13.1. The van der Waals surface area contributed by atoms with Gasteiger partial charge in [0.2, 0.25) is 0 Å². The number of benzene rings is 2. The number of amides is 2. The Hall–Kier alpha value is -2.93. The summed E-state index contributed by atoms with van der Waals surface area (Å²) in [4.78, 5) is 29.7. The van der Waals surface area contributed by atoms with Crippen molar-refractivity contribution >= 4 is 35.0 Å². The molecule has 7 heteroatoms.